The van der Waals surface area contributed by atoms with E-state index in [1.807, 2.05) is 13.0 Å². The molecule has 2 N–H and O–H groups in total. The predicted molar refractivity (Wildman–Crippen MR) is 59.5 cm³/mol. The first-order valence-electron chi connectivity index (χ1n) is 5.10. The molecule has 1 rings (SSSR count). The molecule has 15 heavy (non-hydrogen) atoms. The van der Waals surface area contributed by atoms with Crippen LogP contribution in [0.5, 0.6) is 0 Å². The van der Waals surface area contributed by atoms with Crippen LogP contribution in [0.1, 0.15) is 38.1 Å². The topological polar surface area (TPSA) is 58.0 Å². The lowest BCUT2D eigenvalue weighted by Crippen LogP contribution is -2.40. The summed E-state index contributed by atoms with van der Waals surface area (Å²) in [7, 11) is 0. The largest absolute Gasteiger partial charge is 0.394 e. The zero-order chi connectivity index (χ0) is 11.5. The second-order valence-electron chi connectivity index (χ2n) is 4.79. The van der Waals surface area contributed by atoms with E-state index in [4.69, 9.17) is 0 Å². The van der Waals surface area contributed by atoms with Crippen molar-refractivity contribution in [2.45, 2.75) is 39.3 Å². The van der Waals surface area contributed by atoms with Crippen LogP contribution in [0.3, 0.4) is 0 Å². The van der Waals surface area contributed by atoms with E-state index in [-0.39, 0.29) is 18.2 Å². The van der Waals surface area contributed by atoms with E-state index in [1.165, 1.54) is 0 Å². The lowest BCUT2D eigenvalue weighted by Gasteiger charge is -2.26. The molecule has 0 fully saturated rings. The third kappa shape index (κ3) is 3.93. The van der Waals surface area contributed by atoms with E-state index < -0.39 is 0 Å². The first kappa shape index (κ1) is 12.1. The maximum absolute atomic E-state index is 9.30. The quantitative estimate of drug-likeness (QED) is 0.785. The van der Waals surface area contributed by atoms with Gasteiger partial charge in [0, 0.05) is 5.54 Å². The molecule has 1 aromatic rings. The summed E-state index contributed by atoms with van der Waals surface area (Å²) < 4.78 is 0. The number of aromatic nitrogens is 2. The third-order valence-corrected chi connectivity index (χ3v) is 1.96. The molecule has 0 spiro atoms. The fourth-order valence-corrected chi connectivity index (χ4v) is 1.39. The predicted octanol–water partition coefficient (Wildman–Crippen LogP) is 1.21. The van der Waals surface area contributed by atoms with Crippen molar-refractivity contribution in [1.29, 1.82) is 0 Å². The van der Waals surface area contributed by atoms with Crippen molar-refractivity contribution in [3.05, 3.63) is 23.5 Å². The highest BCUT2D eigenvalue weighted by atomic mass is 16.3. The summed E-state index contributed by atoms with van der Waals surface area (Å²) >= 11 is 0. The minimum atomic E-state index is -0.155. The lowest BCUT2D eigenvalue weighted by molar-refractivity contribution is 0.214. The summed E-state index contributed by atoms with van der Waals surface area (Å²) in [6.45, 7) is 8.15. The summed E-state index contributed by atoms with van der Waals surface area (Å²) in [5.41, 5.74) is 1.78. The van der Waals surface area contributed by atoms with Gasteiger partial charge in [-0.2, -0.15) is 10.2 Å². The Balaban J connectivity index is 2.83. The minimum absolute atomic E-state index is 0.0232. The van der Waals surface area contributed by atoms with Crippen molar-refractivity contribution in [3.8, 4) is 0 Å². The summed E-state index contributed by atoms with van der Waals surface area (Å²) in [6.07, 6.45) is 1.70. The molecule has 0 amide bonds. The average Bonchev–Trinajstić information content (AvgIpc) is 2.13. The highest BCUT2D eigenvalue weighted by Crippen LogP contribution is 2.14. The van der Waals surface area contributed by atoms with Gasteiger partial charge in [-0.1, -0.05) is 0 Å². The zero-order valence-corrected chi connectivity index (χ0v) is 9.78. The molecule has 0 aliphatic carbocycles. The second kappa shape index (κ2) is 4.68. The Hall–Kier alpha value is -1.00. The van der Waals surface area contributed by atoms with Gasteiger partial charge in [-0.3, -0.25) is 0 Å². The van der Waals surface area contributed by atoms with Crippen LogP contribution in [0, 0.1) is 6.92 Å². The molecule has 0 saturated heterocycles. The van der Waals surface area contributed by atoms with Gasteiger partial charge >= 0.3 is 0 Å². The molecular weight excluding hydrogens is 190 g/mol. The number of aliphatic hydroxyl groups excluding tert-OH is 1. The highest BCUT2D eigenvalue weighted by Gasteiger charge is 2.19. The first-order chi connectivity index (χ1) is 6.92. The van der Waals surface area contributed by atoms with Crippen LogP contribution < -0.4 is 5.32 Å². The molecule has 0 saturated carbocycles. The van der Waals surface area contributed by atoms with Gasteiger partial charge in [0.2, 0.25) is 0 Å². The van der Waals surface area contributed by atoms with Gasteiger partial charge in [0.1, 0.15) is 0 Å². The van der Waals surface area contributed by atoms with Gasteiger partial charge in [0.15, 0.2) is 0 Å². The van der Waals surface area contributed by atoms with Crippen LogP contribution in [0.15, 0.2) is 12.3 Å². The maximum atomic E-state index is 9.30. The van der Waals surface area contributed by atoms with Crippen molar-refractivity contribution < 1.29 is 5.11 Å². The van der Waals surface area contributed by atoms with Crippen molar-refractivity contribution in [2.75, 3.05) is 6.61 Å². The van der Waals surface area contributed by atoms with E-state index in [2.05, 4.69) is 36.3 Å². The van der Waals surface area contributed by atoms with Crippen molar-refractivity contribution in [2.24, 2.45) is 0 Å². The number of hydrogen-bond donors (Lipinski definition) is 2. The smallest absolute Gasteiger partial charge is 0.0826 e. The molecule has 1 atom stereocenters. The zero-order valence-electron chi connectivity index (χ0n) is 9.78. The highest BCUT2D eigenvalue weighted by molar-refractivity contribution is 5.14. The monoisotopic (exact) mass is 209 g/mol. The summed E-state index contributed by atoms with van der Waals surface area (Å²) in [5, 5.41) is 20.5. The molecule has 1 heterocycles. The lowest BCUT2D eigenvalue weighted by atomic mass is 10.1. The van der Waals surface area contributed by atoms with E-state index in [0.717, 1.165) is 11.3 Å². The number of aliphatic hydroxyl groups is 1. The minimum Gasteiger partial charge on any atom is -0.394 e. The van der Waals surface area contributed by atoms with E-state index in [0.29, 0.717) is 0 Å². The van der Waals surface area contributed by atoms with Crippen LogP contribution in [0.25, 0.3) is 0 Å². The van der Waals surface area contributed by atoms with Crippen LogP contribution in [-0.4, -0.2) is 27.4 Å². The van der Waals surface area contributed by atoms with Crippen molar-refractivity contribution in [1.82, 2.24) is 15.5 Å². The molecule has 4 nitrogen and oxygen atoms in total. The third-order valence-electron chi connectivity index (χ3n) is 1.96. The molecule has 0 bridgehead atoms. The molecule has 1 aromatic heterocycles. The summed E-state index contributed by atoms with van der Waals surface area (Å²) in [4.78, 5) is 0. The van der Waals surface area contributed by atoms with Crippen LogP contribution in [-0.2, 0) is 0 Å². The summed E-state index contributed by atoms with van der Waals surface area (Å²) in [5.74, 6) is 0. The number of aryl methyl sites for hydroxylation is 1. The molecule has 4 heteroatoms. The Bertz CT molecular complexity index is 320. The van der Waals surface area contributed by atoms with E-state index in [1.54, 1.807) is 6.20 Å². The van der Waals surface area contributed by atoms with Gasteiger partial charge < -0.3 is 10.4 Å². The molecule has 1 unspecified atom stereocenters. The molecular formula is C11H19N3O. The Labute approximate surface area is 90.7 Å². The fourth-order valence-electron chi connectivity index (χ4n) is 1.39. The van der Waals surface area contributed by atoms with Crippen LogP contribution >= 0.6 is 0 Å². The standard InChI is InChI=1S/C11H19N3O/c1-8-5-9(14-12-6-8)10(7-15)13-11(2,3)4/h5-6,10,13,15H,7H2,1-4H3. The number of hydrogen-bond acceptors (Lipinski definition) is 4. The number of nitrogens with zero attached hydrogens (tertiary/aromatic N) is 2. The van der Waals surface area contributed by atoms with E-state index in [9.17, 15) is 5.11 Å². The van der Waals surface area contributed by atoms with Gasteiger partial charge in [0.05, 0.1) is 24.5 Å². The molecule has 0 aromatic carbocycles. The molecule has 84 valence electrons. The van der Waals surface area contributed by atoms with Gasteiger partial charge in [-0.25, -0.2) is 0 Å². The van der Waals surface area contributed by atoms with E-state index >= 15 is 0 Å². The van der Waals surface area contributed by atoms with Crippen molar-refractivity contribution in [3.63, 3.8) is 0 Å². The SMILES string of the molecule is Cc1cnnc(C(CO)NC(C)(C)C)c1. The van der Waals surface area contributed by atoms with Gasteiger partial charge in [-0.05, 0) is 39.3 Å². The second-order valence-corrected chi connectivity index (χ2v) is 4.79. The maximum Gasteiger partial charge on any atom is 0.0826 e. The molecule has 0 aliphatic rings. The Morgan fingerprint density at radius 3 is 2.60 bits per heavy atom. The Morgan fingerprint density at radius 1 is 1.47 bits per heavy atom. The summed E-state index contributed by atoms with van der Waals surface area (Å²) in [6, 6.07) is 1.78. The number of rotatable bonds is 3. The molecule has 0 radical (unpaired) electrons. The number of nitrogens with one attached hydrogen (secondary N) is 1. The normalized spacial score (nSPS) is 13.9. The van der Waals surface area contributed by atoms with Gasteiger partial charge in [0.25, 0.3) is 0 Å². The van der Waals surface area contributed by atoms with Crippen LogP contribution in [0.2, 0.25) is 0 Å². The molecule has 0 aliphatic heterocycles. The van der Waals surface area contributed by atoms with Crippen LogP contribution in [0.4, 0.5) is 0 Å². The first-order valence-corrected chi connectivity index (χ1v) is 5.10. The average molecular weight is 209 g/mol. The Morgan fingerprint density at radius 2 is 2.13 bits per heavy atom. The van der Waals surface area contributed by atoms with Gasteiger partial charge in [-0.15, -0.1) is 0 Å². The Kier molecular flexibility index (Phi) is 3.77. The fraction of sp³-hybridized carbons (Fsp3) is 0.636. The van der Waals surface area contributed by atoms with Crippen molar-refractivity contribution >= 4 is 0 Å².